The van der Waals surface area contributed by atoms with Crippen molar-refractivity contribution in [2.45, 2.75) is 58.0 Å². The topological polar surface area (TPSA) is 81.7 Å². The molecule has 1 aliphatic rings. The number of nitrogens with one attached hydrogen (secondary N) is 2. The van der Waals surface area contributed by atoms with Gasteiger partial charge in [-0.3, -0.25) is 0 Å². The van der Waals surface area contributed by atoms with Gasteiger partial charge in [0.25, 0.3) is 0 Å². The van der Waals surface area contributed by atoms with E-state index >= 15 is 0 Å². The molecule has 0 radical (unpaired) electrons. The molecule has 3 N–H and O–H groups in total. The predicted molar refractivity (Wildman–Crippen MR) is 77.8 cm³/mol. The number of nitrogens with zero attached hydrogens (tertiary/aromatic N) is 1. The van der Waals surface area contributed by atoms with Gasteiger partial charge in [0.2, 0.25) is 0 Å². The summed E-state index contributed by atoms with van der Waals surface area (Å²) in [7, 11) is 0. The minimum absolute atomic E-state index is 0.383. The van der Waals surface area contributed by atoms with Crippen molar-refractivity contribution in [2.75, 3.05) is 19.6 Å². The first kappa shape index (κ1) is 16.8. The molecule has 2 atom stereocenters. The zero-order valence-electron chi connectivity index (χ0n) is 12.5. The van der Waals surface area contributed by atoms with Crippen LogP contribution in [-0.4, -0.2) is 53.7 Å². The SMILES string of the molecule is CCC(NC(=O)NCCCN1CCCCC1C)C(=O)O. The standard InChI is InChI=1S/C14H27N3O3/c1-3-12(13(18)19)16-14(20)15-8-6-10-17-9-5-4-7-11(17)2/h11-12H,3-10H2,1-2H3,(H,18,19)(H2,15,16,20). The highest BCUT2D eigenvalue weighted by atomic mass is 16.4. The zero-order valence-corrected chi connectivity index (χ0v) is 12.5. The summed E-state index contributed by atoms with van der Waals surface area (Å²) < 4.78 is 0. The summed E-state index contributed by atoms with van der Waals surface area (Å²) >= 11 is 0. The Labute approximate surface area is 120 Å². The molecule has 6 heteroatoms. The van der Waals surface area contributed by atoms with Crippen LogP contribution in [0.3, 0.4) is 0 Å². The van der Waals surface area contributed by atoms with Crippen molar-refractivity contribution in [1.29, 1.82) is 0 Å². The Balaban J connectivity index is 2.14. The van der Waals surface area contributed by atoms with Gasteiger partial charge < -0.3 is 20.6 Å². The number of hydrogen-bond donors (Lipinski definition) is 3. The Hall–Kier alpha value is -1.30. The molecule has 0 aromatic rings. The Morgan fingerprint density at radius 2 is 2.15 bits per heavy atom. The van der Waals surface area contributed by atoms with Crippen LogP contribution in [0.4, 0.5) is 4.79 Å². The van der Waals surface area contributed by atoms with Crippen molar-refractivity contribution in [3.05, 3.63) is 0 Å². The van der Waals surface area contributed by atoms with E-state index < -0.39 is 18.0 Å². The second-order valence-electron chi connectivity index (χ2n) is 5.43. The molecule has 0 aromatic heterocycles. The van der Waals surface area contributed by atoms with Crippen molar-refractivity contribution in [2.24, 2.45) is 0 Å². The van der Waals surface area contributed by atoms with Crippen LogP contribution in [0.1, 0.15) is 46.0 Å². The van der Waals surface area contributed by atoms with Crippen LogP contribution >= 0.6 is 0 Å². The van der Waals surface area contributed by atoms with Crippen LogP contribution in [0.2, 0.25) is 0 Å². The fourth-order valence-electron chi connectivity index (χ4n) is 2.52. The summed E-state index contributed by atoms with van der Waals surface area (Å²) in [4.78, 5) is 24.8. The second-order valence-corrected chi connectivity index (χ2v) is 5.43. The van der Waals surface area contributed by atoms with Crippen LogP contribution in [-0.2, 0) is 4.79 Å². The summed E-state index contributed by atoms with van der Waals surface area (Å²) in [5, 5.41) is 14.0. The van der Waals surface area contributed by atoms with Gasteiger partial charge in [0.15, 0.2) is 0 Å². The molecule has 6 nitrogen and oxygen atoms in total. The normalized spacial score (nSPS) is 21.2. The van der Waals surface area contributed by atoms with E-state index in [1.54, 1.807) is 6.92 Å². The van der Waals surface area contributed by atoms with E-state index in [2.05, 4.69) is 22.5 Å². The molecule has 2 amide bonds. The molecule has 1 aliphatic heterocycles. The van der Waals surface area contributed by atoms with E-state index in [1.807, 2.05) is 0 Å². The lowest BCUT2D eigenvalue weighted by atomic mass is 10.0. The minimum Gasteiger partial charge on any atom is -0.480 e. The van der Waals surface area contributed by atoms with Gasteiger partial charge in [-0.15, -0.1) is 0 Å². The van der Waals surface area contributed by atoms with Crippen LogP contribution < -0.4 is 10.6 Å². The number of carbonyl (C=O) groups excluding carboxylic acids is 1. The molecule has 1 saturated heterocycles. The quantitative estimate of drug-likeness (QED) is 0.618. The maximum absolute atomic E-state index is 11.5. The molecule has 20 heavy (non-hydrogen) atoms. The monoisotopic (exact) mass is 285 g/mol. The Morgan fingerprint density at radius 3 is 2.75 bits per heavy atom. The number of urea groups is 1. The third kappa shape index (κ3) is 5.77. The molecule has 1 heterocycles. The molecule has 0 spiro atoms. The van der Waals surface area contributed by atoms with Crippen LogP contribution in [0, 0.1) is 0 Å². The highest BCUT2D eigenvalue weighted by Gasteiger charge is 2.18. The number of amides is 2. The van der Waals surface area contributed by atoms with Gasteiger partial charge in [0.05, 0.1) is 0 Å². The van der Waals surface area contributed by atoms with E-state index in [0.29, 0.717) is 19.0 Å². The van der Waals surface area contributed by atoms with Gasteiger partial charge in [-0.05, 0) is 39.2 Å². The zero-order chi connectivity index (χ0) is 15.0. The summed E-state index contributed by atoms with van der Waals surface area (Å²) in [5.41, 5.74) is 0. The maximum Gasteiger partial charge on any atom is 0.326 e. The van der Waals surface area contributed by atoms with Crippen LogP contribution in [0.5, 0.6) is 0 Å². The number of carboxylic acid groups (broad SMARTS) is 1. The number of likely N-dealkylation sites (tertiary alicyclic amines) is 1. The lowest BCUT2D eigenvalue weighted by Crippen LogP contribution is -2.46. The number of carbonyl (C=O) groups is 2. The number of piperidine rings is 1. The van der Waals surface area contributed by atoms with E-state index in [-0.39, 0.29) is 0 Å². The molecule has 0 aromatic carbocycles. The molecule has 0 aliphatic carbocycles. The largest absolute Gasteiger partial charge is 0.480 e. The van der Waals surface area contributed by atoms with Crippen molar-refractivity contribution in [1.82, 2.24) is 15.5 Å². The van der Waals surface area contributed by atoms with Crippen molar-refractivity contribution in [3.63, 3.8) is 0 Å². The maximum atomic E-state index is 11.5. The van der Waals surface area contributed by atoms with Crippen LogP contribution in [0.15, 0.2) is 0 Å². The average molecular weight is 285 g/mol. The second kappa shape index (κ2) is 8.79. The van der Waals surface area contributed by atoms with Gasteiger partial charge in [-0.2, -0.15) is 0 Å². The Kier molecular flexibility index (Phi) is 7.36. The lowest BCUT2D eigenvalue weighted by molar-refractivity contribution is -0.139. The fourth-order valence-corrected chi connectivity index (χ4v) is 2.52. The van der Waals surface area contributed by atoms with Gasteiger partial charge in [0, 0.05) is 19.1 Å². The lowest BCUT2D eigenvalue weighted by Gasteiger charge is -2.33. The highest BCUT2D eigenvalue weighted by molar-refractivity contribution is 5.82. The molecule has 1 rings (SSSR count). The first-order chi connectivity index (χ1) is 9.54. The molecular weight excluding hydrogens is 258 g/mol. The molecule has 0 bridgehead atoms. The van der Waals surface area contributed by atoms with E-state index in [9.17, 15) is 9.59 Å². The summed E-state index contributed by atoms with van der Waals surface area (Å²) in [5.74, 6) is -0.996. The number of hydrogen-bond acceptors (Lipinski definition) is 3. The first-order valence-corrected chi connectivity index (χ1v) is 7.55. The molecular formula is C14H27N3O3. The number of aliphatic carboxylic acids is 1. The first-order valence-electron chi connectivity index (χ1n) is 7.55. The molecule has 116 valence electrons. The Morgan fingerprint density at radius 1 is 1.40 bits per heavy atom. The third-order valence-electron chi connectivity index (χ3n) is 3.86. The summed E-state index contributed by atoms with van der Waals surface area (Å²) in [6.07, 6.45) is 5.10. The van der Waals surface area contributed by atoms with Crippen LogP contribution in [0.25, 0.3) is 0 Å². The van der Waals surface area contributed by atoms with Crippen molar-refractivity contribution in [3.8, 4) is 0 Å². The van der Waals surface area contributed by atoms with E-state index in [1.165, 1.54) is 19.3 Å². The van der Waals surface area contributed by atoms with Crippen molar-refractivity contribution < 1.29 is 14.7 Å². The number of carboxylic acids is 1. The number of rotatable bonds is 7. The Bertz CT molecular complexity index is 323. The predicted octanol–water partition coefficient (Wildman–Crippen LogP) is 1.41. The fraction of sp³-hybridized carbons (Fsp3) is 0.857. The smallest absolute Gasteiger partial charge is 0.326 e. The van der Waals surface area contributed by atoms with E-state index in [4.69, 9.17) is 5.11 Å². The summed E-state index contributed by atoms with van der Waals surface area (Å²) in [6, 6.07) is -0.572. The average Bonchev–Trinajstić information content (AvgIpc) is 2.42. The molecule has 0 saturated carbocycles. The van der Waals surface area contributed by atoms with Gasteiger partial charge in [-0.1, -0.05) is 13.3 Å². The molecule has 1 fully saturated rings. The summed E-state index contributed by atoms with van der Waals surface area (Å²) in [6.45, 7) is 6.68. The van der Waals surface area contributed by atoms with Gasteiger partial charge >= 0.3 is 12.0 Å². The molecule has 2 unspecified atom stereocenters. The van der Waals surface area contributed by atoms with Gasteiger partial charge in [0.1, 0.15) is 6.04 Å². The van der Waals surface area contributed by atoms with Crippen molar-refractivity contribution >= 4 is 12.0 Å². The van der Waals surface area contributed by atoms with E-state index in [0.717, 1.165) is 19.5 Å². The third-order valence-corrected chi connectivity index (χ3v) is 3.86. The van der Waals surface area contributed by atoms with Gasteiger partial charge in [-0.25, -0.2) is 9.59 Å². The highest BCUT2D eigenvalue weighted by Crippen LogP contribution is 2.15. The minimum atomic E-state index is -0.996.